The first-order valence-corrected chi connectivity index (χ1v) is 13.0. The Morgan fingerprint density at radius 2 is 1.97 bits per heavy atom. The molecule has 2 aromatic rings. The quantitative estimate of drug-likeness (QED) is 0.678. The van der Waals surface area contributed by atoms with E-state index in [4.69, 9.17) is 4.74 Å². The van der Waals surface area contributed by atoms with Crippen molar-refractivity contribution in [3.8, 4) is 5.75 Å². The number of sulfonamides is 1. The number of benzene rings is 2. The second kappa shape index (κ2) is 9.76. The molecule has 1 N–H and O–H groups in total. The highest BCUT2D eigenvalue weighted by atomic mass is 32.2. The minimum atomic E-state index is -3.84. The predicted molar refractivity (Wildman–Crippen MR) is 129 cm³/mol. The van der Waals surface area contributed by atoms with Crippen molar-refractivity contribution in [2.75, 3.05) is 25.0 Å². The molecule has 9 heteroatoms. The number of nitrogens with one attached hydrogen (secondary N) is 1. The lowest BCUT2D eigenvalue weighted by molar-refractivity contribution is -0.139. The average molecular weight is 486 g/mol. The minimum absolute atomic E-state index is 0.00469. The highest BCUT2D eigenvalue weighted by Gasteiger charge is 2.37. The molecule has 0 saturated carbocycles. The van der Waals surface area contributed by atoms with Gasteiger partial charge in [-0.1, -0.05) is 30.3 Å². The van der Waals surface area contributed by atoms with Gasteiger partial charge in [-0.25, -0.2) is 8.42 Å². The summed E-state index contributed by atoms with van der Waals surface area (Å²) in [5, 5.41) is 2.70. The number of fused-ring (bicyclic) bond motifs is 1. The fraction of sp³-hybridized carbons (Fsp3) is 0.440. The fourth-order valence-electron chi connectivity index (χ4n) is 4.52. The van der Waals surface area contributed by atoms with Crippen molar-refractivity contribution in [2.45, 2.75) is 51.1 Å². The Balaban J connectivity index is 1.55. The van der Waals surface area contributed by atoms with Gasteiger partial charge in [0.2, 0.25) is 15.9 Å². The van der Waals surface area contributed by atoms with Crippen molar-refractivity contribution in [3.63, 3.8) is 0 Å². The van der Waals surface area contributed by atoms with E-state index < -0.39 is 15.9 Å². The van der Waals surface area contributed by atoms with Crippen LogP contribution in [0.25, 0.3) is 0 Å². The molecule has 182 valence electrons. The lowest BCUT2D eigenvalue weighted by Crippen LogP contribution is -2.48. The van der Waals surface area contributed by atoms with Crippen molar-refractivity contribution in [3.05, 3.63) is 53.6 Å². The van der Waals surface area contributed by atoms with Gasteiger partial charge in [0.1, 0.15) is 5.75 Å². The predicted octanol–water partition coefficient (Wildman–Crippen LogP) is 3.16. The van der Waals surface area contributed by atoms with Crippen LogP contribution in [0.4, 0.5) is 5.69 Å². The number of rotatable bonds is 6. The number of carbonyl (C=O) groups excluding carboxylic acids is 2. The minimum Gasteiger partial charge on any atom is -0.482 e. The van der Waals surface area contributed by atoms with Gasteiger partial charge in [0.15, 0.2) is 6.61 Å². The van der Waals surface area contributed by atoms with Crippen LogP contribution in [0.2, 0.25) is 0 Å². The SMILES string of the molecule is Cc1cc2c(cc1S(=O)(=O)N1CCCC(C(=O)N(Cc3ccccc3)C(C)C)C1)OCC(=O)N2. The van der Waals surface area contributed by atoms with Gasteiger partial charge >= 0.3 is 0 Å². The monoisotopic (exact) mass is 485 g/mol. The summed E-state index contributed by atoms with van der Waals surface area (Å²) in [5.41, 5.74) is 2.03. The van der Waals surface area contributed by atoms with Crippen LogP contribution in [0.3, 0.4) is 0 Å². The van der Waals surface area contributed by atoms with Gasteiger partial charge in [-0.15, -0.1) is 0 Å². The summed E-state index contributed by atoms with van der Waals surface area (Å²) in [7, 11) is -3.84. The summed E-state index contributed by atoms with van der Waals surface area (Å²) in [4.78, 5) is 27.0. The molecule has 0 bridgehead atoms. The van der Waals surface area contributed by atoms with E-state index in [-0.39, 0.29) is 35.9 Å². The maximum atomic E-state index is 13.6. The molecule has 0 spiro atoms. The maximum absolute atomic E-state index is 13.6. The Morgan fingerprint density at radius 1 is 1.24 bits per heavy atom. The number of ether oxygens (including phenoxy) is 1. The molecule has 4 rings (SSSR count). The Bertz CT molecular complexity index is 1180. The summed E-state index contributed by atoms with van der Waals surface area (Å²) in [6.45, 7) is 6.51. The van der Waals surface area contributed by atoms with Crippen molar-refractivity contribution < 1.29 is 22.7 Å². The Morgan fingerprint density at radius 3 is 2.68 bits per heavy atom. The topological polar surface area (TPSA) is 96.0 Å². The first-order valence-electron chi connectivity index (χ1n) is 11.6. The Labute approximate surface area is 200 Å². The van der Waals surface area contributed by atoms with E-state index in [0.717, 1.165) is 5.56 Å². The summed E-state index contributed by atoms with van der Waals surface area (Å²) in [6, 6.07) is 12.9. The number of piperidine rings is 1. The number of hydrogen-bond donors (Lipinski definition) is 1. The number of amides is 2. The van der Waals surface area contributed by atoms with Crippen LogP contribution in [-0.2, 0) is 26.2 Å². The number of anilines is 1. The normalized spacial score (nSPS) is 18.7. The van der Waals surface area contributed by atoms with Crippen molar-refractivity contribution in [1.82, 2.24) is 9.21 Å². The summed E-state index contributed by atoms with van der Waals surface area (Å²) < 4.78 is 34.0. The molecule has 8 nitrogen and oxygen atoms in total. The van der Waals surface area contributed by atoms with Crippen LogP contribution in [-0.4, -0.2) is 55.2 Å². The van der Waals surface area contributed by atoms with Crippen molar-refractivity contribution in [1.29, 1.82) is 0 Å². The third-order valence-electron chi connectivity index (χ3n) is 6.36. The fourth-order valence-corrected chi connectivity index (χ4v) is 6.27. The standard InChI is InChI=1S/C25H31N3O5S/c1-17(2)28(14-19-8-5-4-6-9-19)25(30)20-10-7-11-27(15-20)34(31,32)23-13-22-21(12-18(23)3)26-24(29)16-33-22/h4-6,8-9,12-13,17,20H,7,10-11,14-16H2,1-3H3,(H,26,29). The zero-order valence-electron chi connectivity index (χ0n) is 19.8. The van der Waals surface area contributed by atoms with E-state index in [1.54, 1.807) is 13.0 Å². The van der Waals surface area contributed by atoms with Gasteiger partial charge in [-0.2, -0.15) is 4.31 Å². The average Bonchev–Trinajstić information content (AvgIpc) is 2.82. The third kappa shape index (κ3) is 4.95. The van der Waals surface area contributed by atoms with Crippen LogP contribution in [0.15, 0.2) is 47.4 Å². The smallest absolute Gasteiger partial charge is 0.262 e. The summed E-state index contributed by atoms with van der Waals surface area (Å²) in [6.07, 6.45) is 1.27. The molecule has 1 fully saturated rings. The first-order chi connectivity index (χ1) is 16.2. The molecule has 0 radical (unpaired) electrons. The van der Waals surface area contributed by atoms with E-state index in [9.17, 15) is 18.0 Å². The van der Waals surface area contributed by atoms with E-state index >= 15 is 0 Å². The largest absolute Gasteiger partial charge is 0.482 e. The molecule has 2 aliphatic heterocycles. The van der Waals surface area contributed by atoms with Crippen molar-refractivity contribution in [2.24, 2.45) is 5.92 Å². The highest BCUT2D eigenvalue weighted by molar-refractivity contribution is 7.89. The van der Waals surface area contributed by atoms with Gasteiger partial charge in [0.25, 0.3) is 5.91 Å². The second-order valence-corrected chi connectivity index (χ2v) is 11.1. The molecule has 34 heavy (non-hydrogen) atoms. The van der Waals surface area contributed by atoms with Crippen LogP contribution in [0, 0.1) is 12.8 Å². The molecular weight excluding hydrogens is 454 g/mol. The third-order valence-corrected chi connectivity index (χ3v) is 8.37. The molecule has 2 aromatic carbocycles. The molecular formula is C25H31N3O5S. The summed E-state index contributed by atoms with van der Waals surface area (Å²) >= 11 is 0. The lowest BCUT2D eigenvalue weighted by Gasteiger charge is -2.36. The molecule has 2 amide bonds. The number of carbonyl (C=O) groups is 2. The zero-order valence-corrected chi connectivity index (χ0v) is 20.6. The lowest BCUT2D eigenvalue weighted by atomic mass is 9.97. The van der Waals surface area contributed by atoms with E-state index in [0.29, 0.717) is 42.9 Å². The zero-order chi connectivity index (χ0) is 24.5. The second-order valence-electron chi connectivity index (χ2n) is 9.20. The first kappa shape index (κ1) is 24.2. The highest BCUT2D eigenvalue weighted by Crippen LogP contribution is 2.35. The van der Waals surface area contributed by atoms with Gasteiger partial charge in [0.05, 0.1) is 16.5 Å². The van der Waals surface area contributed by atoms with Crippen molar-refractivity contribution >= 4 is 27.5 Å². The van der Waals surface area contributed by atoms with Crippen LogP contribution in [0.1, 0.15) is 37.8 Å². The van der Waals surface area contributed by atoms with Gasteiger partial charge < -0.3 is 15.0 Å². The van der Waals surface area contributed by atoms with Gasteiger partial charge in [0, 0.05) is 31.7 Å². The Hall–Kier alpha value is -2.91. The van der Waals surface area contributed by atoms with Gasteiger partial charge in [-0.05, 0) is 50.8 Å². The van der Waals surface area contributed by atoms with Crippen LogP contribution < -0.4 is 10.1 Å². The van der Waals surface area contributed by atoms with Gasteiger partial charge in [-0.3, -0.25) is 9.59 Å². The molecule has 0 aliphatic carbocycles. The summed E-state index contributed by atoms with van der Waals surface area (Å²) in [5.74, 6) is -0.359. The molecule has 1 unspecified atom stereocenters. The van der Waals surface area contributed by atoms with E-state index in [1.807, 2.05) is 49.1 Å². The molecule has 2 heterocycles. The number of aryl methyl sites for hydroxylation is 1. The Kier molecular flexibility index (Phi) is 6.95. The molecule has 1 atom stereocenters. The molecule has 1 saturated heterocycles. The van der Waals surface area contributed by atoms with E-state index in [1.165, 1.54) is 10.4 Å². The number of hydrogen-bond acceptors (Lipinski definition) is 5. The van der Waals surface area contributed by atoms with Crippen LogP contribution in [0.5, 0.6) is 5.75 Å². The molecule has 0 aromatic heterocycles. The number of nitrogens with zero attached hydrogens (tertiary/aromatic N) is 2. The molecule has 2 aliphatic rings. The maximum Gasteiger partial charge on any atom is 0.262 e. The van der Waals surface area contributed by atoms with Crippen LogP contribution >= 0.6 is 0 Å². The van der Waals surface area contributed by atoms with E-state index in [2.05, 4.69) is 5.32 Å².